The molecule has 0 saturated carbocycles. The Morgan fingerprint density at radius 2 is 1.90 bits per heavy atom. The number of nitrogens with zero attached hydrogens (tertiary/aromatic N) is 4. The van der Waals surface area contributed by atoms with Crippen molar-refractivity contribution < 1.29 is 4.21 Å². The third kappa shape index (κ3) is 3.93. The molecular formula is C21H23ClN4OS2. The summed E-state index contributed by atoms with van der Waals surface area (Å²) in [6.45, 7) is 3.97. The number of hydrogen-bond acceptors (Lipinski definition) is 5. The third-order valence-corrected chi connectivity index (χ3v) is 8.93. The molecule has 1 unspecified atom stereocenters. The molecule has 0 radical (unpaired) electrons. The molecule has 0 aliphatic carbocycles. The van der Waals surface area contributed by atoms with Crippen LogP contribution in [0.4, 0.5) is 0 Å². The van der Waals surface area contributed by atoms with Crippen molar-refractivity contribution in [1.82, 2.24) is 19.7 Å². The normalized spacial score (nSPS) is 20.2. The lowest BCUT2D eigenvalue weighted by atomic mass is 9.95. The van der Waals surface area contributed by atoms with Gasteiger partial charge in [0.1, 0.15) is 10.0 Å². The van der Waals surface area contributed by atoms with Crippen LogP contribution in [0.15, 0.2) is 39.9 Å². The summed E-state index contributed by atoms with van der Waals surface area (Å²) in [6.07, 6.45) is 3.24. The highest BCUT2D eigenvalue weighted by molar-refractivity contribution is 7.87. The Morgan fingerprint density at radius 1 is 1.10 bits per heavy atom. The minimum absolute atomic E-state index is 0.427. The fraction of sp³-hybridized carbons (Fsp3) is 0.429. The van der Waals surface area contributed by atoms with Crippen LogP contribution in [0, 0.1) is 0 Å². The molecule has 8 heteroatoms. The van der Waals surface area contributed by atoms with Gasteiger partial charge in [0.15, 0.2) is 5.82 Å². The van der Waals surface area contributed by atoms with Crippen LogP contribution in [0.5, 0.6) is 0 Å². The predicted octanol–water partition coefficient (Wildman–Crippen LogP) is 4.20. The number of hydrogen-bond donors (Lipinski definition) is 0. The number of rotatable bonds is 4. The van der Waals surface area contributed by atoms with Gasteiger partial charge in [0.2, 0.25) is 0 Å². The molecule has 5 nitrogen and oxygen atoms in total. The first-order valence-electron chi connectivity index (χ1n) is 10.0. The SMILES string of the molecule is O=S1CCn2c(nnc2C2CCN(CCc3ccc(Cl)cc3)CC2)-c2ccsc21. The van der Waals surface area contributed by atoms with Crippen molar-refractivity contribution in [2.75, 3.05) is 25.4 Å². The summed E-state index contributed by atoms with van der Waals surface area (Å²) < 4.78 is 15.7. The van der Waals surface area contributed by atoms with Gasteiger partial charge in [0, 0.05) is 35.3 Å². The number of benzene rings is 1. The van der Waals surface area contributed by atoms with E-state index in [-0.39, 0.29) is 0 Å². The summed E-state index contributed by atoms with van der Waals surface area (Å²) in [5.41, 5.74) is 2.34. The van der Waals surface area contributed by atoms with Gasteiger partial charge in [0.05, 0.1) is 10.8 Å². The molecule has 29 heavy (non-hydrogen) atoms. The summed E-state index contributed by atoms with van der Waals surface area (Å²) in [7, 11) is -0.934. The van der Waals surface area contributed by atoms with E-state index in [0.717, 1.165) is 71.9 Å². The van der Waals surface area contributed by atoms with E-state index in [0.29, 0.717) is 11.7 Å². The van der Waals surface area contributed by atoms with Crippen LogP contribution in [0.3, 0.4) is 0 Å². The van der Waals surface area contributed by atoms with Gasteiger partial charge in [-0.1, -0.05) is 23.7 Å². The second kappa shape index (κ2) is 8.30. The van der Waals surface area contributed by atoms with Crippen molar-refractivity contribution in [3.05, 3.63) is 52.1 Å². The van der Waals surface area contributed by atoms with E-state index in [9.17, 15) is 4.21 Å². The van der Waals surface area contributed by atoms with Gasteiger partial charge in [-0.05, 0) is 61.5 Å². The molecule has 2 aromatic heterocycles. The Balaban J connectivity index is 1.24. The standard InChI is InChI=1S/C21H23ClN4OS2/c22-17-3-1-15(2-4-17)5-9-25-10-6-16(7-11-25)19-23-24-20-18-8-13-28-21(18)29(27)14-12-26(19)20/h1-4,8,13,16H,5-7,9-12,14H2. The van der Waals surface area contributed by atoms with E-state index in [1.807, 2.05) is 23.6 Å². The van der Waals surface area contributed by atoms with Gasteiger partial charge in [-0.2, -0.15) is 0 Å². The van der Waals surface area contributed by atoms with Crippen molar-refractivity contribution >= 4 is 33.7 Å². The van der Waals surface area contributed by atoms with Crippen molar-refractivity contribution in [1.29, 1.82) is 0 Å². The van der Waals surface area contributed by atoms with Crippen molar-refractivity contribution in [3.63, 3.8) is 0 Å². The maximum absolute atomic E-state index is 12.5. The molecule has 2 aliphatic heterocycles. The zero-order valence-electron chi connectivity index (χ0n) is 16.1. The lowest BCUT2D eigenvalue weighted by molar-refractivity contribution is 0.210. The highest BCUT2D eigenvalue weighted by Crippen LogP contribution is 2.36. The van der Waals surface area contributed by atoms with Crippen LogP contribution >= 0.6 is 22.9 Å². The molecule has 152 valence electrons. The van der Waals surface area contributed by atoms with Gasteiger partial charge in [0.25, 0.3) is 0 Å². The quantitative estimate of drug-likeness (QED) is 0.602. The molecule has 0 bridgehead atoms. The van der Waals surface area contributed by atoms with E-state index in [4.69, 9.17) is 11.6 Å². The number of thiophene rings is 1. The third-order valence-electron chi connectivity index (χ3n) is 5.94. The van der Waals surface area contributed by atoms with E-state index in [1.54, 1.807) is 11.3 Å². The summed E-state index contributed by atoms with van der Waals surface area (Å²) in [5, 5.41) is 11.9. The van der Waals surface area contributed by atoms with Crippen LogP contribution in [0.2, 0.25) is 5.02 Å². The Hall–Kier alpha value is -1.54. The maximum Gasteiger partial charge on any atom is 0.166 e. The molecular weight excluding hydrogens is 424 g/mol. The van der Waals surface area contributed by atoms with Gasteiger partial charge < -0.3 is 9.47 Å². The van der Waals surface area contributed by atoms with E-state index in [2.05, 4.69) is 31.8 Å². The van der Waals surface area contributed by atoms with Gasteiger partial charge in [-0.25, -0.2) is 0 Å². The van der Waals surface area contributed by atoms with Crippen LogP contribution in [0.25, 0.3) is 11.4 Å². The van der Waals surface area contributed by atoms with Crippen LogP contribution in [-0.4, -0.2) is 49.3 Å². The molecule has 1 aromatic carbocycles. The van der Waals surface area contributed by atoms with Crippen LogP contribution in [0.1, 0.15) is 30.1 Å². The summed E-state index contributed by atoms with van der Waals surface area (Å²) in [5.74, 6) is 3.04. The number of fused-ring (bicyclic) bond motifs is 3. The average molecular weight is 447 g/mol. The van der Waals surface area contributed by atoms with Crippen molar-refractivity contribution in [2.45, 2.75) is 35.9 Å². The predicted molar refractivity (Wildman–Crippen MR) is 118 cm³/mol. The summed E-state index contributed by atoms with van der Waals surface area (Å²) in [6, 6.07) is 10.2. The van der Waals surface area contributed by atoms with Crippen molar-refractivity contribution in [2.24, 2.45) is 0 Å². The lowest BCUT2D eigenvalue weighted by Crippen LogP contribution is -2.35. The molecule has 2 aliphatic rings. The topological polar surface area (TPSA) is 51.0 Å². The molecule has 1 atom stereocenters. The summed E-state index contributed by atoms with van der Waals surface area (Å²) >= 11 is 7.54. The average Bonchev–Trinajstić information content (AvgIpc) is 3.36. The van der Waals surface area contributed by atoms with E-state index in [1.165, 1.54) is 5.56 Å². The molecule has 0 amide bonds. The lowest BCUT2D eigenvalue weighted by Gasteiger charge is -2.31. The second-order valence-corrected chi connectivity index (χ2v) is 10.8. The Labute approximate surface area is 182 Å². The second-order valence-electron chi connectivity index (χ2n) is 7.70. The van der Waals surface area contributed by atoms with Gasteiger partial charge in [-0.3, -0.25) is 4.21 Å². The van der Waals surface area contributed by atoms with Gasteiger partial charge in [-0.15, -0.1) is 21.5 Å². The molecule has 1 fully saturated rings. The van der Waals surface area contributed by atoms with E-state index < -0.39 is 10.8 Å². The zero-order chi connectivity index (χ0) is 19.8. The first-order valence-corrected chi connectivity index (χ1v) is 12.6. The number of aromatic nitrogens is 3. The van der Waals surface area contributed by atoms with Crippen LogP contribution in [-0.2, 0) is 23.8 Å². The summed E-state index contributed by atoms with van der Waals surface area (Å²) in [4.78, 5) is 2.54. The molecule has 4 heterocycles. The number of halogens is 1. The largest absolute Gasteiger partial charge is 0.310 e. The van der Waals surface area contributed by atoms with E-state index >= 15 is 0 Å². The monoisotopic (exact) mass is 446 g/mol. The molecule has 3 aromatic rings. The molecule has 0 N–H and O–H groups in total. The smallest absolute Gasteiger partial charge is 0.166 e. The van der Waals surface area contributed by atoms with Gasteiger partial charge >= 0.3 is 0 Å². The minimum Gasteiger partial charge on any atom is -0.310 e. The first-order chi connectivity index (χ1) is 14.2. The number of likely N-dealkylation sites (tertiary alicyclic amines) is 1. The molecule has 5 rings (SSSR count). The Kier molecular flexibility index (Phi) is 5.56. The highest BCUT2D eigenvalue weighted by atomic mass is 35.5. The minimum atomic E-state index is -0.934. The van der Waals surface area contributed by atoms with Crippen LogP contribution < -0.4 is 0 Å². The highest BCUT2D eigenvalue weighted by Gasteiger charge is 2.29. The Morgan fingerprint density at radius 3 is 2.69 bits per heavy atom. The maximum atomic E-state index is 12.5. The zero-order valence-corrected chi connectivity index (χ0v) is 18.5. The first kappa shape index (κ1) is 19.4. The Bertz CT molecular complexity index is 1020. The fourth-order valence-corrected chi connectivity index (χ4v) is 6.82. The molecule has 1 saturated heterocycles. The number of piperidine rings is 1. The van der Waals surface area contributed by atoms with Crippen molar-refractivity contribution in [3.8, 4) is 11.4 Å². The molecule has 0 spiro atoms. The fourth-order valence-electron chi connectivity index (χ4n) is 4.29.